The SMILES string of the molecule is O=C(c1ccc(C#CCC2CCCC2)cc1)N1CCC(O)CC1. The fraction of sp³-hybridized carbons (Fsp3) is 0.550. The third kappa shape index (κ3) is 4.36. The van der Waals surface area contributed by atoms with Gasteiger partial charge in [-0.3, -0.25) is 4.79 Å². The van der Waals surface area contributed by atoms with Crippen LogP contribution in [-0.4, -0.2) is 35.1 Å². The molecular weight excluding hydrogens is 286 g/mol. The summed E-state index contributed by atoms with van der Waals surface area (Å²) in [6.07, 6.45) is 7.47. The molecule has 1 aromatic rings. The number of rotatable bonds is 2. The van der Waals surface area contributed by atoms with Gasteiger partial charge in [0.25, 0.3) is 5.91 Å². The van der Waals surface area contributed by atoms with Crippen LogP contribution in [0.1, 0.15) is 60.9 Å². The van der Waals surface area contributed by atoms with E-state index in [0.29, 0.717) is 31.5 Å². The lowest BCUT2D eigenvalue weighted by Gasteiger charge is -2.29. The molecule has 1 aliphatic heterocycles. The van der Waals surface area contributed by atoms with Gasteiger partial charge in [0.15, 0.2) is 0 Å². The van der Waals surface area contributed by atoms with E-state index in [1.54, 1.807) is 0 Å². The molecule has 0 spiro atoms. The first-order valence-electron chi connectivity index (χ1n) is 8.78. The van der Waals surface area contributed by atoms with E-state index in [1.165, 1.54) is 25.7 Å². The summed E-state index contributed by atoms with van der Waals surface area (Å²) in [4.78, 5) is 14.2. The number of benzene rings is 1. The van der Waals surface area contributed by atoms with Crippen LogP contribution in [-0.2, 0) is 0 Å². The van der Waals surface area contributed by atoms with Crippen molar-refractivity contribution in [3.63, 3.8) is 0 Å². The largest absolute Gasteiger partial charge is 0.393 e. The highest BCUT2D eigenvalue weighted by Gasteiger charge is 2.22. The van der Waals surface area contributed by atoms with Gasteiger partial charge in [0, 0.05) is 30.6 Å². The Morgan fingerprint density at radius 3 is 2.39 bits per heavy atom. The maximum Gasteiger partial charge on any atom is 0.253 e. The topological polar surface area (TPSA) is 40.5 Å². The summed E-state index contributed by atoms with van der Waals surface area (Å²) in [5, 5.41) is 9.52. The Morgan fingerprint density at radius 1 is 1.09 bits per heavy atom. The number of carbonyl (C=O) groups is 1. The zero-order valence-electron chi connectivity index (χ0n) is 13.6. The van der Waals surface area contributed by atoms with Crippen molar-refractivity contribution in [3.8, 4) is 11.8 Å². The third-order valence-electron chi connectivity index (χ3n) is 4.98. The summed E-state index contributed by atoms with van der Waals surface area (Å²) in [5.41, 5.74) is 1.69. The first-order chi connectivity index (χ1) is 11.2. The average Bonchev–Trinajstić information content (AvgIpc) is 3.09. The molecule has 1 saturated heterocycles. The molecule has 1 heterocycles. The molecule has 3 heteroatoms. The first-order valence-corrected chi connectivity index (χ1v) is 8.78. The van der Waals surface area contributed by atoms with Crippen molar-refractivity contribution in [1.29, 1.82) is 0 Å². The van der Waals surface area contributed by atoms with Crippen molar-refractivity contribution in [2.75, 3.05) is 13.1 Å². The molecule has 3 nitrogen and oxygen atoms in total. The molecular formula is C20H25NO2. The summed E-state index contributed by atoms with van der Waals surface area (Å²) < 4.78 is 0. The molecule has 122 valence electrons. The van der Waals surface area contributed by atoms with Crippen LogP contribution >= 0.6 is 0 Å². The molecule has 1 aliphatic carbocycles. The lowest BCUT2D eigenvalue weighted by atomic mass is 10.0. The molecule has 1 aromatic carbocycles. The van der Waals surface area contributed by atoms with Crippen LogP contribution in [0.3, 0.4) is 0 Å². The van der Waals surface area contributed by atoms with E-state index in [0.717, 1.165) is 17.9 Å². The summed E-state index contributed by atoms with van der Waals surface area (Å²) in [7, 11) is 0. The Kier molecular flexibility index (Phi) is 5.35. The van der Waals surface area contributed by atoms with Crippen molar-refractivity contribution in [3.05, 3.63) is 35.4 Å². The molecule has 0 aromatic heterocycles. The standard InChI is InChI=1S/C20H25NO2/c22-19-12-14-21(15-13-19)20(23)18-10-8-17(9-11-18)7-3-6-16-4-1-2-5-16/h8-11,16,19,22H,1-2,4-6,12-15H2. The van der Waals surface area contributed by atoms with Gasteiger partial charge in [-0.05, 0) is 55.9 Å². The fourth-order valence-corrected chi connectivity index (χ4v) is 3.46. The van der Waals surface area contributed by atoms with Crippen LogP contribution in [0.5, 0.6) is 0 Å². The number of nitrogens with zero attached hydrogens (tertiary/aromatic N) is 1. The minimum Gasteiger partial charge on any atom is -0.393 e. The first kappa shape index (κ1) is 16.1. The molecule has 0 bridgehead atoms. The van der Waals surface area contributed by atoms with Crippen LogP contribution in [0.2, 0.25) is 0 Å². The molecule has 1 saturated carbocycles. The summed E-state index contributed by atoms with van der Waals surface area (Å²) >= 11 is 0. The normalized spacial score (nSPS) is 19.4. The van der Waals surface area contributed by atoms with Gasteiger partial charge in [-0.25, -0.2) is 0 Å². The third-order valence-corrected chi connectivity index (χ3v) is 4.98. The van der Waals surface area contributed by atoms with Gasteiger partial charge in [0.05, 0.1) is 6.10 Å². The summed E-state index contributed by atoms with van der Waals surface area (Å²) in [6, 6.07) is 7.61. The Balaban J connectivity index is 1.56. The molecule has 2 aliphatic rings. The van der Waals surface area contributed by atoms with Gasteiger partial charge in [0.1, 0.15) is 0 Å². The fourth-order valence-electron chi connectivity index (χ4n) is 3.46. The highest BCUT2D eigenvalue weighted by atomic mass is 16.3. The van der Waals surface area contributed by atoms with Crippen molar-refractivity contribution in [1.82, 2.24) is 4.90 Å². The number of hydrogen-bond acceptors (Lipinski definition) is 2. The number of carbonyl (C=O) groups excluding carboxylic acids is 1. The quantitative estimate of drug-likeness (QED) is 0.852. The zero-order chi connectivity index (χ0) is 16.1. The maximum absolute atomic E-state index is 12.4. The monoisotopic (exact) mass is 311 g/mol. The van der Waals surface area contributed by atoms with Crippen LogP contribution < -0.4 is 0 Å². The molecule has 23 heavy (non-hydrogen) atoms. The Morgan fingerprint density at radius 2 is 1.74 bits per heavy atom. The minimum atomic E-state index is -0.253. The smallest absolute Gasteiger partial charge is 0.253 e. The molecule has 1 amide bonds. The number of aliphatic hydroxyl groups excluding tert-OH is 1. The predicted octanol–water partition coefficient (Wildman–Crippen LogP) is 3.22. The number of hydrogen-bond donors (Lipinski definition) is 1. The second-order valence-corrected chi connectivity index (χ2v) is 6.76. The number of likely N-dealkylation sites (tertiary alicyclic amines) is 1. The van der Waals surface area contributed by atoms with Gasteiger partial charge in [-0.2, -0.15) is 0 Å². The molecule has 0 unspecified atom stereocenters. The summed E-state index contributed by atoms with van der Waals surface area (Å²) in [5.74, 6) is 7.35. The van der Waals surface area contributed by atoms with Gasteiger partial charge in [-0.1, -0.05) is 24.7 Å². The Labute approximate surface area is 138 Å². The number of amides is 1. The van der Waals surface area contributed by atoms with Gasteiger partial charge >= 0.3 is 0 Å². The summed E-state index contributed by atoms with van der Waals surface area (Å²) in [6.45, 7) is 1.28. The highest BCUT2D eigenvalue weighted by molar-refractivity contribution is 5.94. The van der Waals surface area contributed by atoms with E-state index in [-0.39, 0.29) is 12.0 Å². The van der Waals surface area contributed by atoms with Gasteiger partial charge in [0.2, 0.25) is 0 Å². The van der Waals surface area contributed by atoms with E-state index in [1.807, 2.05) is 29.2 Å². The lowest BCUT2D eigenvalue weighted by molar-refractivity contribution is 0.0546. The average molecular weight is 311 g/mol. The van der Waals surface area contributed by atoms with Crippen LogP contribution in [0.4, 0.5) is 0 Å². The molecule has 3 rings (SSSR count). The number of piperidine rings is 1. The Hall–Kier alpha value is -1.79. The van der Waals surface area contributed by atoms with Crippen molar-refractivity contribution in [2.45, 2.75) is 51.0 Å². The van der Waals surface area contributed by atoms with Crippen LogP contribution in [0.25, 0.3) is 0 Å². The van der Waals surface area contributed by atoms with Crippen LogP contribution in [0.15, 0.2) is 24.3 Å². The predicted molar refractivity (Wildman–Crippen MR) is 91.0 cm³/mol. The Bertz CT molecular complexity index is 582. The van der Waals surface area contributed by atoms with Gasteiger partial charge < -0.3 is 10.0 Å². The van der Waals surface area contributed by atoms with E-state index >= 15 is 0 Å². The van der Waals surface area contributed by atoms with E-state index < -0.39 is 0 Å². The lowest BCUT2D eigenvalue weighted by Crippen LogP contribution is -2.40. The molecule has 0 radical (unpaired) electrons. The minimum absolute atomic E-state index is 0.0577. The molecule has 2 fully saturated rings. The van der Waals surface area contributed by atoms with Crippen LogP contribution in [0, 0.1) is 17.8 Å². The molecule has 1 N–H and O–H groups in total. The van der Waals surface area contributed by atoms with Crippen molar-refractivity contribution in [2.24, 2.45) is 5.92 Å². The second kappa shape index (κ2) is 7.66. The van der Waals surface area contributed by atoms with Gasteiger partial charge in [-0.15, -0.1) is 0 Å². The van der Waals surface area contributed by atoms with Crippen molar-refractivity contribution < 1.29 is 9.90 Å². The van der Waals surface area contributed by atoms with Crippen molar-refractivity contribution >= 4 is 5.91 Å². The van der Waals surface area contributed by atoms with E-state index in [4.69, 9.17) is 0 Å². The maximum atomic E-state index is 12.4. The van der Waals surface area contributed by atoms with E-state index in [9.17, 15) is 9.90 Å². The number of aliphatic hydroxyl groups is 1. The molecule has 0 atom stereocenters. The zero-order valence-corrected chi connectivity index (χ0v) is 13.6. The van der Waals surface area contributed by atoms with E-state index in [2.05, 4.69) is 11.8 Å². The second-order valence-electron chi connectivity index (χ2n) is 6.76. The highest BCUT2D eigenvalue weighted by Crippen LogP contribution is 2.26.